The SMILES string of the molecule is CC(C)c1ccccc1N1C(=O)CSC1c1ccccc1NC(=O)c1ccccc1. The van der Waals surface area contributed by atoms with Gasteiger partial charge in [-0.15, -0.1) is 11.8 Å². The lowest BCUT2D eigenvalue weighted by Gasteiger charge is -2.29. The summed E-state index contributed by atoms with van der Waals surface area (Å²) >= 11 is 1.59. The molecule has 1 unspecified atom stereocenters. The highest BCUT2D eigenvalue weighted by Gasteiger charge is 2.36. The van der Waals surface area contributed by atoms with Crippen LogP contribution in [0.2, 0.25) is 0 Å². The Kier molecular flexibility index (Phi) is 5.91. The topological polar surface area (TPSA) is 49.4 Å². The van der Waals surface area contributed by atoms with Gasteiger partial charge in [-0.1, -0.05) is 68.4 Å². The number of nitrogens with zero attached hydrogens (tertiary/aromatic N) is 1. The third-order valence-electron chi connectivity index (χ3n) is 5.20. The highest BCUT2D eigenvalue weighted by Crippen LogP contribution is 2.46. The van der Waals surface area contributed by atoms with Gasteiger partial charge < -0.3 is 5.32 Å². The zero-order valence-electron chi connectivity index (χ0n) is 17.0. The Morgan fingerprint density at radius 1 is 0.967 bits per heavy atom. The van der Waals surface area contributed by atoms with Gasteiger partial charge in [0.05, 0.1) is 5.75 Å². The Morgan fingerprint density at radius 2 is 1.63 bits per heavy atom. The van der Waals surface area contributed by atoms with E-state index in [4.69, 9.17) is 0 Å². The summed E-state index contributed by atoms with van der Waals surface area (Å²) in [5.74, 6) is 0.639. The van der Waals surface area contributed by atoms with Crippen molar-refractivity contribution in [2.75, 3.05) is 16.0 Å². The molecule has 30 heavy (non-hydrogen) atoms. The number of thioether (sulfide) groups is 1. The molecule has 1 fully saturated rings. The van der Waals surface area contributed by atoms with Crippen LogP contribution in [0.3, 0.4) is 0 Å². The van der Waals surface area contributed by atoms with Gasteiger partial charge in [-0.3, -0.25) is 14.5 Å². The molecule has 0 spiro atoms. The highest BCUT2D eigenvalue weighted by molar-refractivity contribution is 8.00. The molecule has 2 amide bonds. The molecule has 1 aliphatic heterocycles. The van der Waals surface area contributed by atoms with E-state index >= 15 is 0 Å². The standard InChI is InChI=1S/C25H24N2O2S/c1-17(2)19-12-7-9-15-22(19)27-23(28)16-30-25(27)20-13-6-8-14-21(20)26-24(29)18-10-4-3-5-11-18/h3-15,17,25H,16H2,1-2H3,(H,26,29). The smallest absolute Gasteiger partial charge is 0.255 e. The fraction of sp³-hybridized carbons (Fsp3) is 0.200. The lowest BCUT2D eigenvalue weighted by atomic mass is 10.00. The summed E-state index contributed by atoms with van der Waals surface area (Å²) in [6.45, 7) is 4.27. The Morgan fingerprint density at radius 3 is 2.40 bits per heavy atom. The molecule has 0 aromatic heterocycles. The van der Waals surface area contributed by atoms with Gasteiger partial charge in [0.15, 0.2) is 0 Å². The van der Waals surface area contributed by atoms with E-state index < -0.39 is 0 Å². The van der Waals surface area contributed by atoms with Crippen molar-refractivity contribution in [3.8, 4) is 0 Å². The summed E-state index contributed by atoms with van der Waals surface area (Å²) in [5.41, 5.74) is 4.34. The maximum absolute atomic E-state index is 12.9. The molecule has 1 heterocycles. The van der Waals surface area contributed by atoms with Gasteiger partial charge in [0.2, 0.25) is 5.91 Å². The molecule has 3 aromatic rings. The Balaban J connectivity index is 1.70. The number of carbonyl (C=O) groups is 2. The predicted octanol–water partition coefficient (Wildman–Crippen LogP) is 5.84. The largest absolute Gasteiger partial charge is 0.322 e. The van der Waals surface area contributed by atoms with Crippen LogP contribution >= 0.6 is 11.8 Å². The number of amides is 2. The summed E-state index contributed by atoms with van der Waals surface area (Å²) in [7, 11) is 0. The average Bonchev–Trinajstić information content (AvgIpc) is 3.15. The third-order valence-corrected chi connectivity index (χ3v) is 6.39. The van der Waals surface area contributed by atoms with Crippen LogP contribution in [0.5, 0.6) is 0 Å². The van der Waals surface area contributed by atoms with Crippen LogP contribution in [-0.2, 0) is 4.79 Å². The molecule has 4 rings (SSSR count). The van der Waals surface area contributed by atoms with Gasteiger partial charge in [0, 0.05) is 22.5 Å². The van der Waals surface area contributed by atoms with E-state index in [9.17, 15) is 9.59 Å². The number of rotatable bonds is 5. The van der Waals surface area contributed by atoms with Crippen molar-refractivity contribution in [3.05, 3.63) is 95.6 Å². The minimum atomic E-state index is -0.190. The van der Waals surface area contributed by atoms with Crippen molar-refractivity contribution in [3.63, 3.8) is 0 Å². The van der Waals surface area contributed by atoms with E-state index in [1.54, 1.807) is 23.9 Å². The average molecular weight is 417 g/mol. The van der Waals surface area contributed by atoms with Gasteiger partial charge in [-0.05, 0) is 35.7 Å². The molecule has 1 atom stereocenters. The zero-order chi connectivity index (χ0) is 21.1. The van der Waals surface area contributed by atoms with E-state index in [1.165, 1.54) is 0 Å². The van der Waals surface area contributed by atoms with Gasteiger partial charge >= 0.3 is 0 Å². The van der Waals surface area contributed by atoms with Crippen LogP contribution in [0, 0.1) is 0 Å². The second-order valence-electron chi connectivity index (χ2n) is 7.55. The van der Waals surface area contributed by atoms with Crippen LogP contribution in [-0.4, -0.2) is 17.6 Å². The number of hydrogen-bond acceptors (Lipinski definition) is 3. The number of hydrogen-bond donors (Lipinski definition) is 1. The zero-order valence-corrected chi connectivity index (χ0v) is 17.9. The minimum Gasteiger partial charge on any atom is -0.322 e. The van der Waals surface area contributed by atoms with Crippen molar-refractivity contribution >= 4 is 35.0 Å². The van der Waals surface area contributed by atoms with Crippen LogP contribution in [0.15, 0.2) is 78.9 Å². The van der Waals surface area contributed by atoms with E-state index in [2.05, 4.69) is 25.2 Å². The van der Waals surface area contributed by atoms with Crippen molar-refractivity contribution in [2.24, 2.45) is 0 Å². The number of nitrogens with one attached hydrogen (secondary N) is 1. The first-order chi connectivity index (χ1) is 14.6. The molecule has 0 saturated carbocycles. The third kappa shape index (κ3) is 3.98. The van der Waals surface area contributed by atoms with Crippen LogP contribution in [0.1, 0.15) is 46.6 Å². The normalized spacial score (nSPS) is 16.2. The molecule has 0 bridgehead atoms. The Labute approximate surface area is 181 Å². The molecule has 5 heteroatoms. The van der Waals surface area contributed by atoms with Gasteiger partial charge in [0.1, 0.15) is 5.37 Å². The maximum atomic E-state index is 12.9. The Bertz CT molecular complexity index is 1070. The fourth-order valence-corrected chi connectivity index (χ4v) is 4.92. The van der Waals surface area contributed by atoms with Crippen LogP contribution in [0.4, 0.5) is 11.4 Å². The second-order valence-corrected chi connectivity index (χ2v) is 8.62. The molecule has 1 N–H and O–H groups in total. The van der Waals surface area contributed by atoms with Gasteiger partial charge in [0.25, 0.3) is 5.91 Å². The van der Waals surface area contributed by atoms with Crippen LogP contribution in [0.25, 0.3) is 0 Å². The number of para-hydroxylation sites is 2. The fourth-order valence-electron chi connectivity index (χ4n) is 3.72. The lowest BCUT2D eigenvalue weighted by molar-refractivity contribution is -0.115. The first-order valence-corrected chi connectivity index (χ1v) is 11.1. The first-order valence-electron chi connectivity index (χ1n) is 10.0. The number of benzene rings is 3. The van der Waals surface area contributed by atoms with Crippen molar-refractivity contribution in [2.45, 2.75) is 25.1 Å². The summed E-state index contributed by atoms with van der Waals surface area (Å²) in [5, 5.41) is 2.85. The molecule has 1 saturated heterocycles. The molecule has 0 radical (unpaired) electrons. The lowest BCUT2D eigenvalue weighted by Crippen LogP contribution is -2.29. The molecule has 152 valence electrons. The van der Waals surface area contributed by atoms with E-state index in [1.807, 2.05) is 65.6 Å². The second kappa shape index (κ2) is 8.76. The minimum absolute atomic E-state index is 0.0855. The Hall–Kier alpha value is -3.05. The molecule has 0 aliphatic carbocycles. The summed E-state index contributed by atoms with van der Waals surface area (Å²) in [6, 6.07) is 25.0. The quantitative estimate of drug-likeness (QED) is 0.568. The molecule has 4 nitrogen and oxygen atoms in total. The first kappa shape index (κ1) is 20.2. The molecular formula is C25H24N2O2S. The molecular weight excluding hydrogens is 392 g/mol. The summed E-state index contributed by atoms with van der Waals surface area (Å²) in [6.07, 6.45) is 0. The van der Waals surface area contributed by atoms with E-state index in [0.29, 0.717) is 17.2 Å². The number of anilines is 2. The van der Waals surface area contributed by atoms with Crippen LogP contribution < -0.4 is 10.2 Å². The highest BCUT2D eigenvalue weighted by atomic mass is 32.2. The van der Waals surface area contributed by atoms with Gasteiger partial charge in [-0.2, -0.15) is 0 Å². The van der Waals surface area contributed by atoms with Gasteiger partial charge in [-0.25, -0.2) is 0 Å². The summed E-state index contributed by atoms with van der Waals surface area (Å²) < 4.78 is 0. The van der Waals surface area contributed by atoms with Crippen molar-refractivity contribution < 1.29 is 9.59 Å². The molecule has 1 aliphatic rings. The van der Waals surface area contributed by atoms with Crippen molar-refractivity contribution in [1.29, 1.82) is 0 Å². The number of carbonyl (C=O) groups excluding carboxylic acids is 2. The predicted molar refractivity (Wildman–Crippen MR) is 124 cm³/mol. The molecule has 3 aromatic carbocycles. The van der Waals surface area contributed by atoms with E-state index in [0.717, 1.165) is 22.5 Å². The van der Waals surface area contributed by atoms with E-state index in [-0.39, 0.29) is 17.2 Å². The van der Waals surface area contributed by atoms with Crippen molar-refractivity contribution in [1.82, 2.24) is 0 Å². The monoisotopic (exact) mass is 416 g/mol. The maximum Gasteiger partial charge on any atom is 0.255 e. The summed E-state index contributed by atoms with van der Waals surface area (Å²) in [4.78, 5) is 27.5.